The Morgan fingerprint density at radius 2 is 1.90 bits per heavy atom. The lowest BCUT2D eigenvalue weighted by Crippen LogP contribution is -2.30. The number of benzene rings is 2. The predicted molar refractivity (Wildman–Crippen MR) is 81.3 cm³/mol. The third kappa shape index (κ3) is 4.20. The van der Waals surface area contributed by atoms with Gasteiger partial charge in [-0.2, -0.15) is 0 Å². The number of nitrogens with one attached hydrogen (secondary N) is 1. The molecule has 0 radical (unpaired) electrons. The Labute approximate surface area is 127 Å². The summed E-state index contributed by atoms with van der Waals surface area (Å²) in [6.07, 6.45) is -0.685. The van der Waals surface area contributed by atoms with E-state index in [2.05, 4.69) is 5.32 Å². The first kappa shape index (κ1) is 15.3. The van der Waals surface area contributed by atoms with Crippen LogP contribution in [-0.2, 0) is 4.79 Å². The van der Waals surface area contributed by atoms with Gasteiger partial charge < -0.3 is 10.1 Å². The lowest BCUT2D eigenvalue weighted by atomic mass is 10.2. The smallest absolute Gasteiger partial charge is 0.265 e. The highest BCUT2D eigenvalue weighted by atomic mass is 35.5. The molecule has 1 atom stereocenters. The summed E-state index contributed by atoms with van der Waals surface area (Å²) in [6.45, 7) is 3.37. The van der Waals surface area contributed by atoms with Gasteiger partial charge in [0.15, 0.2) is 6.10 Å². The third-order valence-corrected chi connectivity index (χ3v) is 3.19. The van der Waals surface area contributed by atoms with Crippen molar-refractivity contribution in [3.8, 4) is 5.75 Å². The fourth-order valence-electron chi connectivity index (χ4n) is 1.77. The largest absolute Gasteiger partial charge is 0.481 e. The predicted octanol–water partition coefficient (Wildman–Crippen LogP) is 4.19. The van der Waals surface area contributed by atoms with E-state index in [4.69, 9.17) is 16.3 Å². The van der Waals surface area contributed by atoms with Crippen LogP contribution in [0.4, 0.5) is 10.1 Å². The molecule has 0 saturated carbocycles. The fourth-order valence-corrected chi connectivity index (χ4v) is 1.90. The van der Waals surface area contributed by atoms with Crippen molar-refractivity contribution in [3.05, 3.63) is 58.9 Å². The van der Waals surface area contributed by atoms with Gasteiger partial charge in [-0.25, -0.2) is 4.39 Å². The van der Waals surface area contributed by atoms with Crippen LogP contribution in [0.2, 0.25) is 5.02 Å². The highest BCUT2D eigenvalue weighted by Crippen LogP contribution is 2.19. The zero-order valence-electron chi connectivity index (χ0n) is 11.7. The molecule has 0 spiro atoms. The molecule has 1 N–H and O–H groups in total. The minimum atomic E-state index is -0.685. The zero-order valence-corrected chi connectivity index (χ0v) is 12.4. The van der Waals surface area contributed by atoms with Crippen molar-refractivity contribution < 1.29 is 13.9 Å². The van der Waals surface area contributed by atoms with Gasteiger partial charge >= 0.3 is 0 Å². The van der Waals surface area contributed by atoms with Crippen LogP contribution in [0.15, 0.2) is 42.5 Å². The maximum absolute atomic E-state index is 13.0. The van der Waals surface area contributed by atoms with Crippen molar-refractivity contribution >= 4 is 23.2 Å². The molecule has 0 bridgehead atoms. The summed E-state index contributed by atoms with van der Waals surface area (Å²) in [6, 6.07) is 10.9. The monoisotopic (exact) mass is 307 g/mol. The van der Waals surface area contributed by atoms with Crippen LogP contribution in [0.1, 0.15) is 12.5 Å². The van der Waals surface area contributed by atoms with Crippen molar-refractivity contribution in [3.63, 3.8) is 0 Å². The van der Waals surface area contributed by atoms with Crippen LogP contribution < -0.4 is 10.1 Å². The summed E-state index contributed by atoms with van der Waals surface area (Å²) in [5.74, 6) is -0.0894. The average Bonchev–Trinajstić information content (AvgIpc) is 2.44. The quantitative estimate of drug-likeness (QED) is 0.919. The fraction of sp³-hybridized carbons (Fsp3) is 0.188. The first-order valence-electron chi connectivity index (χ1n) is 6.45. The molecule has 0 fully saturated rings. The molecule has 0 aliphatic rings. The van der Waals surface area contributed by atoms with Crippen LogP contribution in [0, 0.1) is 12.7 Å². The van der Waals surface area contributed by atoms with E-state index >= 15 is 0 Å². The van der Waals surface area contributed by atoms with Gasteiger partial charge in [0.2, 0.25) is 0 Å². The van der Waals surface area contributed by atoms with Crippen LogP contribution in [0.3, 0.4) is 0 Å². The van der Waals surface area contributed by atoms with E-state index in [1.807, 2.05) is 0 Å². The molecule has 2 rings (SSSR count). The number of amides is 1. The Morgan fingerprint density at radius 1 is 1.24 bits per heavy atom. The van der Waals surface area contributed by atoms with E-state index in [-0.39, 0.29) is 11.7 Å². The van der Waals surface area contributed by atoms with Crippen molar-refractivity contribution in [1.82, 2.24) is 0 Å². The summed E-state index contributed by atoms with van der Waals surface area (Å²) in [5, 5.41) is 3.31. The summed E-state index contributed by atoms with van der Waals surface area (Å²) in [5.41, 5.74) is 1.22. The number of hydrogen-bond donors (Lipinski definition) is 1. The Balaban J connectivity index is 2.00. The topological polar surface area (TPSA) is 38.3 Å². The summed E-state index contributed by atoms with van der Waals surface area (Å²) < 4.78 is 18.5. The molecule has 0 aliphatic carbocycles. The number of ether oxygens (including phenoxy) is 1. The molecule has 0 aromatic heterocycles. The number of aryl methyl sites for hydroxylation is 1. The molecule has 0 unspecified atom stereocenters. The molecule has 21 heavy (non-hydrogen) atoms. The first-order valence-corrected chi connectivity index (χ1v) is 6.83. The number of rotatable bonds is 4. The molecule has 2 aromatic rings. The molecular formula is C16H15ClFNO2. The lowest BCUT2D eigenvalue weighted by molar-refractivity contribution is -0.122. The maximum atomic E-state index is 13.0. The number of hydrogen-bond acceptors (Lipinski definition) is 2. The van der Waals surface area contributed by atoms with Gasteiger partial charge in [0, 0.05) is 10.7 Å². The van der Waals surface area contributed by atoms with Gasteiger partial charge in [0.05, 0.1) is 0 Å². The van der Waals surface area contributed by atoms with Gasteiger partial charge in [0.25, 0.3) is 5.91 Å². The SMILES string of the molecule is Cc1cc(F)ccc1NC(=O)[C@H](C)Oc1ccc(Cl)cc1. The molecule has 0 heterocycles. The second-order valence-electron chi connectivity index (χ2n) is 4.66. The molecule has 0 saturated heterocycles. The van der Waals surface area contributed by atoms with Gasteiger partial charge in [0.1, 0.15) is 11.6 Å². The van der Waals surface area contributed by atoms with E-state index < -0.39 is 6.10 Å². The normalized spacial score (nSPS) is 11.8. The molecule has 3 nitrogen and oxygen atoms in total. The summed E-state index contributed by atoms with van der Waals surface area (Å²) in [4.78, 5) is 12.1. The second-order valence-corrected chi connectivity index (χ2v) is 5.10. The van der Waals surface area contributed by atoms with E-state index in [9.17, 15) is 9.18 Å². The van der Waals surface area contributed by atoms with Crippen LogP contribution in [0.25, 0.3) is 0 Å². The molecule has 5 heteroatoms. The van der Waals surface area contributed by atoms with Crippen molar-refractivity contribution in [2.75, 3.05) is 5.32 Å². The molecule has 1 amide bonds. The zero-order chi connectivity index (χ0) is 15.4. The number of anilines is 1. The number of halogens is 2. The van der Waals surface area contributed by atoms with Crippen molar-refractivity contribution in [2.45, 2.75) is 20.0 Å². The van der Waals surface area contributed by atoms with E-state index in [1.165, 1.54) is 18.2 Å². The number of carbonyl (C=O) groups is 1. The summed E-state index contributed by atoms with van der Waals surface area (Å²) in [7, 11) is 0. The highest BCUT2D eigenvalue weighted by molar-refractivity contribution is 6.30. The average molecular weight is 308 g/mol. The van der Waals surface area contributed by atoms with Crippen molar-refractivity contribution in [1.29, 1.82) is 0 Å². The van der Waals surface area contributed by atoms with Crippen molar-refractivity contribution in [2.24, 2.45) is 0 Å². The van der Waals surface area contributed by atoms with E-state index in [0.717, 1.165) is 0 Å². The van der Waals surface area contributed by atoms with Crippen LogP contribution in [0.5, 0.6) is 5.75 Å². The third-order valence-electron chi connectivity index (χ3n) is 2.94. The van der Waals surface area contributed by atoms with Gasteiger partial charge in [-0.3, -0.25) is 4.79 Å². The highest BCUT2D eigenvalue weighted by Gasteiger charge is 2.15. The summed E-state index contributed by atoms with van der Waals surface area (Å²) >= 11 is 5.78. The van der Waals surface area contributed by atoms with E-state index in [0.29, 0.717) is 22.0 Å². The Morgan fingerprint density at radius 3 is 2.52 bits per heavy atom. The second kappa shape index (κ2) is 6.59. The molecule has 0 aliphatic heterocycles. The van der Waals surface area contributed by atoms with Gasteiger partial charge in [-0.05, 0) is 61.9 Å². The number of carbonyl (C=O) groups excluding carboxylic acids is 1. The Kier molecular flexibility index (Phi) is 4.81. The molecular weight excluding hydrogens is 293 g/mol. The molecule has 2 aromatic carbocycles. The Bertz CT molecular complexity index is 643. The minimum absolute atomic E-state index is 0.306. The standard InChI is InChI=1S/C16H15ClFNO2/c1-10-9-13(18)5-8-15(10)19-16(20)11(2)21-14-6-3-12(17)4-7-14/h3-9,11H,1-2H3,(H,19,20)/t11-/m0/s1. The molecule has 110 valence electrons. The minimum Gasteiger partial charge on any atom is -0.481 e. The Hall–Kier alpha value is -2.07. The van der Waals surface area contributed by atoms with Gasteiger partial charge in [-0.1, -0.05) is 11.6 Å². The maximum Gasteiger partial charge on any atom is 0.265 e. The first-order chi connectivity index (χ1) is 9.95. The van der Waals surface area contributed by atoms with Crippen LogP contribution >= 0.6 is 11.6 Å². The van der Waals surface area contributed by atoms with Crippen LogP contribution in [-0.4, -0.2) is 12.0 Å². The lowest BCUT2D eigenvalue weighted by Gasteiger charge is -2.15. The van der Waals surface area contributed by atoms with Gasteiger partial charge in [-0.15, -0.1) is 0 Å². The van der Waals surface area contributed by atoms with E-state index in [1.54, 1.807) is 38.1 Å².